The third-order valence-corrected chi connectivity index (χ3v) is 3.68. The Kier molecular flexibility index (Phi) is 2.97. The molecule has 16 heavy (non-hydrogen) atoms. The number of hydrogen-bond acceptors (Lipinski definition) is 2. The third kappa shape index (κ3) is 1.71. The molecular formula is C13H17NO2. The topological polar surface area (TPSA) is 63.3 Å². The first-order valence-electron chi connectivity index (χ1n) is 5.71. The summed E-state index contributed by atoms with van der Waals surface area (Å²) >= 11 is 0. The number of carboxylic acids is 1. The monoisotopic (exact) mass is 219 g/mol. The van der Waals surface area contributed by atoms with E-state index in [0.29, 0.717) is 12.8 Å². The fourth-order valence-corrected chi connectivity index (χ4v) is 2.64. The van der Waals surface area contributed by atoms with Gasteiger partial charge in [-0.2, -0.15) is 0 Å². The molecule has 0 aliphatic heterocycles. The van der Waals surface area contributed by atoms with Crippen molar-refractivity contribution >= 4 is 5.97 Å². The molecular weight excluding hydrogens is 202 g/mol. The van der Waals surface area contributed by atoms with Crippen molar-refractivity contribution in [1.82, 2.24) is 0 Å². The summed E-state index contributed by atoms with van der Waals surface area (Å²) in [5.74, 6) is -0.749. The second-order valence-electron chi connectivity index (χ2n) is 4.56. The van der Waals surface area contributed by atoms with E-state index in [2.05, 4.69) is 0 Å². The lowest BCUT2D eigenvalue weighted by Gasteiger charge is -2.31. The molecule has 0 bridgehead atoms. The number of nitrogens with two attached hydrogens (primary N) is 1. The predicted octanol–water partition coefficient (Wildman–Crippen LogP) is 2.33. The Morgan fingerprint density at radius 1 is 1.25 bits per heavy atom. The van der Waals surface area contributed by atoms with Gasteiger partial charge in [0.05, 0.1) is 5.41 Å². The van der Waals surface area contributed by atoms with Crippen molar-refractivity contribution in [3.05, 3.63) is 35.9 Å². The minimum atomic E-state index is -0.749. The minimum absolute atomic E-state index is 0.395. The molecule has 1 aromatic carbocycles. The van der Waals surface area contributed by atoms with E-state index in [4.69, 9.17) is 5.73 Å². The standard InChI is InChI=1S/C13H17NO2/c14-11(10-6-2-1-3-7-10)13(12(15)16)8-4-5-9-13/h1-3,6-7,11H,4-5,8-9,14H2,(H,15,16)/t11-/m1/s1. The summed E-state index contributed by atoms with van der Waals surface area (Å²) in [5.41, 5.74) is 6.33. The van der Waals surface area contributed by atoms with Gasteiger partial charge in [0, 0.05) is 6.04 Å². The highest BCUT2D eigenvalue weighted by atomic mass is 16.4. The van der Waals surface area contributed by atoms with Crippen molar-refractivity contribution < 1.29 is 9.90 Å². The van der Waals surface area contributed by atoms with E-state index in [9.17, 15) is 9.90 Å². The van der Waals surface area contributed by atoms with E-state index in [-0.39, 0.29) is 0 Å². The van der Waals surface area contributed by atoms with Gasteiger partial charge in [-0.05, 0) is 18.4 Å². The fraction of sp³-hybridized carbons (Fsp3) is 0.462. The van der Waals surface area contributed by atoms with Crippen molar-refractivity contribution in [3.8, 4) is 0 Å². The van der Waals surface area contributed by atoms with Crippen molar-refractivity contribution in [2.75, 3.05) is 0 Å². The summed E-state index contributed by atoms with van der Waals surface area (Å²) in [4.78, 5) is 11.5. The zero-order valence-electron chi connectivity index (χ0n) is 9.23. The maximum absolute atomic E-state index is 11.5. The van der Waals surface area contributed by atoms with Crippen LogP contribution in [0.15, 0.2) is 30.3 Å². The lowest BCUT2D eigenvalue weighted by atomic mass is 9.76. The SMILES string of the molecule is N[C@H](c1ccccc1)C1(C(=O)O)CCCC1. The molecule has 0 amide bonds. The van der Waals surface area contributed by atoms with Gasteiger partial charge in [-0.15, -0.1) is 0 Å². The number of carbonyl (C=O) groups is 1. The van der Waals surface area contributed by atoms with Crippen LogP contribution in [0.2, 0.25) is 0 Å². The molecule has 1 atom stereocenters. The fourth-order valence-electron chi connectivity index (χ4n) is 2.64. The van der Waals surface area contributed by atoms with Crippen LogP contribution in [0.3, 0.4) is 0 Å². The zero-order chi connectivity index (χ0) is 11.6. The molecule has 0 heterocycles. The summed E-state index contributed by atoms with van der Waals surface area (Å²) in [6.07, 6.45) is 3.32. The highest BCUT2D eigenvalue weighted by Gasteiger charge is 2.46. The molecule has 3 nitrogen and oxygen atoms in total. The zero-order valence-corrected chi connectivity index (χ0v) is 9.23. The number of carboxylic acid groups (broad SMARTS) is 1. The Morgan fingerprint density at radius 2 is 1.81 bits per heavy atom. The maximum Gasteiger partial charge on any atom is 0.311 e. The molecule has 1 aliphatic carbocycles. The van der Waals surface area contributed by atoms with E-state index in [1.54, 1.807) is 0 Å². The molecule has 2 rings (SSSR count). The molecule has 0 radical (unpaired) electrons. The molecule has 86 valence electrons. The van der Waals surface area contributed by atoms with Gasteiger partial charge >= 0.3 is 5.97 Å². The van der Waals surface area contributed by atoms with Gasteiger partial charge in [0.25, 0.3) is 0 Å². The number of benzene rings is 1. The average Bonchev–Trinajstić information content (AvgIpc) is 2.79. The predicted molar refractivity (Wildman–Crippen MR) is 61.9 cm³/mol. The van der Waals surface area contributed by atoms with Crippen LogP contribution in [-0.2, 0) is 4.79 Å². The highest BCUT2D eigenvalue weighted by Crippen LogP contribution is 2.46. The quantitative estimate of drug-likeness (QED) is 0.820. The normalized spacial score (nSPS) is 20.6. The molecule has 1 aliphatic rings. The van der Waals surface area contributed by atoms with Crippen molar-refractivity contribution in [2.45, 2.75) is 31.7 Å². The average molecular weight is 219 g/mol. The van der Waals surface area contributed by atoms with Gasteiger partial charge in [-0.3, -0.25) is 4.79 Å². The maximum atomic E-state index is 11.5. The van der Waals surface area contributed by atoms with E-state index in [0.717, 1.165) is 18.4 Å². The lowest BCUT2D eigenvalue weighted by Crippen LogP contribution is -2.39. The second-order valence-corrected chi connectivity index (χ2v) is 4.56. The van der Waals surface area contributed by atoms with Crippen LogP contribution in [0.25, 0.3) is 0 Å². The minimum Gasteiger partial charge on any atom is -0.481 e. The first-order chi connectivity index (χ1) is 7.67. The highest BCUT2D eigenvalue weighted by molar-refractivity contribution is 5.76. The van der Waals surface area contributed by atoms with Crippen LogP contribution in [0, 0.1) is 5.41 Å². The Morgan fingerprint density at radius 3 is 2.31 bits per heavy atom. The Bertz CT molecular complexity index is 369. The lowest BCUT2D eigenvalue weighted by molar-refractivity contribution is -0.150. The Balaban J connectivity index is 2.31. The summed E-state index contributed by atoms with van der Waals surface area (Å²) in [6, 6.07) is 9.15. The Labute approximate surface area is 95.3 Å². The van der Waals surface area contributed by atoms with Gasteiger partial charge in [0.2, 0.25) is 0 Å². The molecule has 0 aromatic heterocycles. The third-order valence-electron chi connectivity index (χ3n) is 3.68. The van der Waals surface area contributed by atoms with Crippen molar-refractivity contribution in [2.24, 2.45) is 11.1 Å². The van der Waals surface area contributed by atoms with E-state index in [1.807, 2.05) is 30.3 Å². The smallest absolute Gasteiger partial charge is 0.311 e. The molecule has 0 spiro atoms. The molecule has 3 heteroatoms. The van der Waals surface area contributed by atoms with Gasteiger partial charge in [-0.1, -0.05) is 43.2 Å². The summed E-state index contributed by atoms with van der Waals surface area (Å²) in [7, 11) is 0. The van der Waals surface area contributed by atoms with Crippen LogP contribution >= 0.6 is 0 Å². The van der Waals surface area contributed by atoms with Gasteiger partial charge in [-0.25, -0.2) is 0 Å². The van der Waals surface area contributed by atoms with E-state index in [1.165, 1.54) is 0 Å². The van der Waals surface area contributed by atoms with Crippen LogP contribution in [0.5, 0.6) is 0 Å². The first kappa shape index (κ1) is 11.1. The van der Waals surface area contributed by atoms with Crippen LogP contribution < -0.4 is 5.73 Å². The Hall–Kier alpha value is -1.35. The molecule has 1 fully saturated rings. The summed E-state index contributed by atoms with van der Waals surface area (Å²) in [6.45, 7) is 0. The van der Waals surface area contributed by atoms with Crippen LogP contribution in [0.1, 0.15) is 37.3 Å². The molecule has 1 saturated carbocycles. The van der Waals surface area contributed by atoms with Gasteiger partial charge in [0.15, 0.2) is 0 Å². The van der Waals surface area contributed by atoms with Gasteiger partial charge in [0.1, 0.15) is 0 Å². The summed E-state index contributed by atoms with van der Waals surface area (Å²) in [5, 5.41) is 9.42. The molecule has 1 aromatic rings. The number of rotatable bonds is 3. The second kappa shape index (κ2) is 4.26. The van der Waals surface area contributed by atoms with Crippen LogP contribution in [-0.4, -0.2) is 11.1 Å². The van der Waals surface area contributed by atoms with Crippen molar-refractivity contribution in [1.29, 1.82) is 0 Å². The van der Waals surface area contributed by atoms with Gasteiger partial charge < -0.3 is 10.8 Å². The first-order valence-corrected chi connectivity index (χ1v) is 5.71. The molecule has 0 unspecified atom stereocenters. The largest absolute Gasteiger partial charge is 0.481 e. The van der Waals surface area contributed by atoms with Crippen LogP contribution in [0.4, 0.5) is 0 Å². The van der Waals surface area contributed by atoms with E-state index < -0.39 is 17.4 Å². The van der Waals surface area contributed by atoms with Crippen molar-refractivity contribution in [3.63, 3.8) is 0 Å². The van der Waals surface area contributed by atoms with E-state index >= 15 is 0 Å². The number of hydrogen-bond donors (Lipinski definition) is 2. The molecule has 0 saturated heterocycles. The molecule has 3 N–H and O–H groups in total. The summed E-state index contributed by atoms with van der Waals surface area (Å²) < 4.78 is 0. The number of aliphatic carboxylic acids is 1.